The molecule has 1 heterocycles. The van der Waals surface area contributed by atoms with Gasteiger partial charge in [0, 0.05) is 0 Å². The quantitative estimate of drug-likeness (QED) is 0.666. The molecule has 144 valence electrons. The van der Waals surface area contributed by atoms with Gasteiger partial charge in [0.25, 0.3) is 5.91 Å². The van der Waals surface area contributed by atoms with Crippen LogP contribution in [-0.4, -0.2) is 33.4 Å². The number of amides is 1. The number of rotatable bonds is 5. The van der Waals surface area contributed by atoms with Crippen molar-refractivity contribution in [3.63, 3.8) is 0 Å². The second-order valence-electron chi connectivity index (χ2n) is 6.12. The molecule has 1 amide bonds. The Kier molecular flexibility index (Phi) is 5.70. The van der Waals surface area contributed by atoms with Gasteiger partial charge in [0.1, 0.15) is 11.5 Å². The lowest BCUT2D eigenvalue weighted by molar-refractivity contribution is -0.144. The van der Waals surface area contributed by atoms with Crippen LogP contribution in [0.15, 0.2) is 52.4 Å². The molecule has 28 heavy (non-hydrogen) atoms. The number of nitrogens with one attached hydrogen (secondary N) is 1. The van der Waals surface area contributed by atoms with E-state index in [-0.39, 0.29) is 11.7 Å². The number of amidine groups is 1. The Morgan fingerprint density at radius 1 is 1.29 bits per heavy atom. The number of benzene rings is 2. The third kappa shape index (κ3) is 4.72. The molecule has 2 aromatic rings. The zero-order valence-corrected chi connectivity index (χ0v) is 16.0. The third-order valence-electron chi connectivity index (χ3n) is 3.87. The monoisotopic (exact) mass is 398 g/mol. The number of carbonyl (C=O) groups excluding carboxylic acids is 1. The molecule has 8 heteroatoms. The summed E-state index contributed by atoms with van der Waals surface area (Å²) in [7, 11) is 0. The molecule has 1 saturated heterocycles. The molecule has 1 unspecified atom stereocenters. The van der Waals surface area contributed by atoms with Gasteiger partial charge in [-0.1, -0.05) is 12.1 Å². The zero-order valence-electron chi connectivity index (χ0n) is 15.2. The van der Waals surface area contributed by atoms with Crippen molar-refractivity contribution in [1.82, 2.24) is 5.32 Å². The van der Waals surface area contributed by atoms with Crippen LogP contribution >= 0.6 is 11.8 Å². The van der Waals surface area contributed by atoms with Gasteiger partial charge in [-0.15, -0.1) is 0 Å². The Bertz CT molecular complexity index is 1000. The summed E-state index contributed by atoms with van der Waals surface area (Å²) in [5.74, 6) is -0.768. The highest BCUT2D eigenvalue weighted by Crippen LogP contribution is 2.30. The summed E-state index contributed by atoms with van der Waals surface area (Å²) in [5.41, 5.74) is 2.15. The molecule has 0 aliphatic carbocycles. The maximum Gasteiger partial charge on any atom is 0.344 e. The van der Waals surface area contributed by atoms with Gasteiger partial charge in [0.15, 0.2) is 11.3 Å². The second-order valence-corrected chi connectivity index (χ2v) is 7.15. The number of aryl methyl sites for hydroxylation is 1. The number of thioether (sulfide) groups is 1. The van der Waals surface area contributed by atoms with E-state index in [0.29, 0.717) is 27.1 Å². The van der Waals surface area contributed by atoms with Crippen molar-refractivity contribution in [2.24, 2.45) is 4.99 Å². The van der Waals surface area contributed by atoms with Gasteiger partial charge in [-0.25, -0.2) is 9.79 Å². The van der Waals surface area contributed by atoms with E-state index in [1.165, 1.54) is 24.8 Å². The number of carbonyl (C=O) groups is 2. The van der Waals surface area contributed by atoms with Crippen LogP contribution in [0.5, 0.6) is 11.5 Å². The van der Waals surface area contributed by atoms with Crippen LogP contribution in [0.3, 0.4) is 0 Å². The van der Waals surface area contributed by atoms with Gasteiger partial charge in [0.2, 0.25) is 0 Å². The summed E-state index contributed by atoms with van der Waals surface area (Å²) in [6, 6.07) is 11.6. The van der Waals surface area contributed by atoms with Crippen molar-refractivity contribution in [2.75, 3.05) is 0 Å². The molecule has 1 aliphatic heterocycles. The third-order valence-corrected chi connectivity index (χ3v) is 4.78. The molecule has 0 spiro atoms. The first-order valence-electron chi connectivity index (χ1n) is 8.40. The van der Waals surface area contributed by atoms with Crippen molar-refractivity contribution in [3.8, 4) is 11.5 Å². The van der Waals surface area contributed by atoms with E-state index in [4.69, 9.17) is 9.84 Å². The summed E-state index contributed by atoms with van der Waals surface area (Å²) in [5, 5.41) is 21.6. The first-order valence-corrected chi connectivity index (χ1v) is 9.22. The minimum absolute atomic E-state index is 0.157. The van der Waals surface area contributed by atoms with Gasteiger partial charge in [-0.05, 0) is 73.1 Å². The molecule has 0 radical (unpaired) electrons. The zero-order chi connectivity index (χ0) is 20.3. The van der Waals surface area contributed by atoms with Crippen LogP contribution in [0, 0.1) is 6.92 Å². The van der Waals surface area contributed by atoms with E-state index in [0.717, 1.165) is 5.56 Å². The van der Waals surface area contributed by atoms with Crippen LogP contribution in [0.1, 0.15) is 18.1 Å². The first kappa shape index (κ1) is 19.5. The van der Waals surface area contributed by atoms with E-state index in [1.54, 1.807) is 42.5 Å². The normalized spacial score (nSPS) is 17.6. The maximum absolute atomic E-state index is 12.2. The van der Waals surface area contributed by atoms with Gasteiger partial charge in [-0.2, -0.15) is 0 Å². The number of phenols is 1. The number of nitrogens with zero attached hydrogens (tertiary/aromatic N) is 1. The highest BCUT2D eigenvalue weighted by Gasteiger charge is 2.24. The minimum Gasteiger partial charge on any atom is -0.508 e. The summed E-state index contributed by atoms with van der Waals surface area (Å²) in [6.45, 7) is 3.27. The fourth-order valence-electron chi connectivity index (χ4n) is 2.44. The Morgan fingerprint density at radius 3 is 2.79 bits per heavy atom. The molecule has 0 saturated carbocycles. The SMILES string of the molecule is Cc1cc(O)ccc1N=C1NC(=O)/C(=C\c2cccc(OC(C)C(=O)O)c2)S1. The number of aromatic hydroxyl groups is 1. The molecule has 7 nitrogen and oxygen atoms in total. The van der Waals surface area contributed by atoms with Gasteiger partial charge in [-0.3, -0.25) is 4.79 Å². The fraction of sp³-hybridized carbons (Fsp3) is 0.150. The molecule has 1 aliphatic rings. The highest BCUT2D eigenvalue weighted by molar-refractivity contribution is 8.18. The number of hydrogen-bond donors (Lipinski definition) is 3. The Labute approximate surface area is 165 Å². The average molecular weight is 398 g/mol. The number of aliphatic imine (C=N–C) groups is 1. The first-order chi connectivity index (χ1) is 13.3. The molecular formula is C20H18N2O5S. The number of ether oxygens (including phenoxy) is 1. The molecular weight excluding hydrogens is 380 g/mol. The van der Waals surface area contributed by atoms with E-state index in [9.17, 15) is 14.7 Å². The largest absolute Gasteiger partial charge is 0.508 e. The van der Waals surface area contributed by atoms with Crippen molar-refractivity contribution >= 4 is 40.6 Å². The predicted molar refractivity (Wildman–Crippen MR) is 108 cm³/mol. The van der Waals surface area contributed by atoms with Gasteiger partial charge < -0.3 is 20.3 Å². The summed E-state index contributed by atoms with van der Waals surface area (Å²) < 4.78 is 5.35. The smallest absolute Gasteiger partial charge is 0.344 e. The van der Waals surface area contributed by atoms with Crippen LogP contribution in [0.4, 0.5) is 5.69 Å². The number of carboxylic acid groups (broad SMARTS) is 1. The minimum atomic E-state index is -1.06. The Hall–Kier alpha value is -3.26. The lowest BCUT2D eigenvalue weighted by Crippen LogP contribution is -2.22. The number of phenolic OH excluding ortho intramolecular Hbond substituents is 1. The second kappa shape index (κ2) is 8.18. The number of hydrogen-bond acceptors (Lipinski definition) is 6. The maximum atomic E-state index is 12.2. The Morgan fingerprint density at radius 2 is 2.07 bits per heavy atom. The van der Waals surface area contributed by atoms with Crippen molar-refractivity contribution in [1.29, 1.82) is 0 Å². The molecule has 3 N–H and O–H groups in total. The van der Waals surface area contributed by atoms with E-state index in [1.807, 2.05) is 6.92 Å². The number of carboxylic acids is 1. The average Bonchev–Trinajstić information content (AvgIpc) is 2.97. The molecule has 1 atom stereocenters. The molecule has 0 bridgehead atoms. The molecule has 2 aromatic carbocycles. The molecule has 1 fully saturated rings. The lowest BCUT2D eigenvalue weighted by Gasteiger charge is -2.10. The van der Waals surface area contributed by atoms with Crippen LogP contribution in [-0.2, 0) is 9.59 Å². The molecule has 3 rings (SSSR count). The molecule has 0 aromatic heterocycles. The van der Waals surface area contributed by atoms with E-state index in [2.05, 4.69) is 10.3 Å². The van der Waals surface area contributed by atoms with E-state index < -0.39 is 12.1 Å². The summed E-state index contributed by atoms with van der Waals surface area (Å²) >= 11 is 1.20. The Balaban J connectivity index is 1.79. The van der Waals surface area contributed by atoms with Crippen molar-refractivity contribution < 1.29 is 24.5 Å². The van der Waals surface area contributed by atoms with Crippen molar-refractivity contribution in [3.05, 3.63) is 58.5 Å². The van der Waals surface area contributed by atoms with E-state index >= 15 is 0 Å². The summed E-state index contributed by atoms with van der Waals surface area (Å²) in [4.78, 5) is 28.0. The standard InChI is InChI=1S/C20H18N2O5S/c1-11-8-14(23)6-7-16(11)21-20-22-18(24)17(28-20)10-13-4-3-5-15(9-13)27-12(2)19(25)26/h3-10,12,23H,1-2H3,(H,25,26)(H,21,22,24)/b17-10+. The van der Waals surface area contributed by atoms with Gasteiger partial charge >= 0.3 is 5.97 Å². The predicted octanol–water partition coefficient (Wildman–Crippen LogP) is 3.44. The van der Waals surface area contributed by atoms with Crippen LogP contribution < -0.4 is 10.1 Å². The topological polar surface area (TPSA) is 108 Å². The number of aliphatic carboxylic acids is 1. The van der Waals surface area contributed by atoms with Crippen LogP contribution in [0.2, 0.25) is 0 Å². The van der Waals surface area contributed by atoms with Gasteiger partial charge in [0.05, 0.1) is 10.6 Å². The highest BCUT2D eigenvalue weighted by atomic mass is 32.2. The van der Waals surface area contributed by atoms with Crippen molar-refractivity contribution in [2.45, 2.75) is 20.0 Å². The fourth-order valence-corrected chi connectivity index (χ4v) is 3.27. The van der Waals surface area contributed by atoms with Crippen LogP contribution in [0.25, 0.3) is 6.08 Å². The lowest BCUT2D eigenvalue weighted by atomic mass is 10.2. The summed E-state index contributed by atoms with van der Waals surface area (Å²) in [6.07, 6.45) is 0.712.